The monoisotopic (exact) mass is 765 g/mol. The molecule has 0 saturated carbocycles. The summed E-state index contributed by atoms with van der Waals surface area (Å²) in [5.41, 5.74) is 9.36. The van der Waals surface area contributed by atoms with Crippen LogP contribution in [0.25, 0.3) is 0 Å². The molecule has 9 heteroatoms. The van der Waals surface area contributed by atoms with Crippen molar-refractivity contribution in [1.82, 2.24) is 0 Å². The lowest BCUT2D eigenvalue weighted by Crippen LogP contribution is -2.03. The highest BCUT2D eigenvalue weighted by atomic mass is 16.5. The Morgan fingerprint density at radius 1 is 0.351 bits per heavy atom. The Morgan fingerprint density at radius 2 is 0.596 bits per heavy atom. The van der Waals surface area contributed by atoms with Gasteiger partial charge in [-0.05, 0) is 146 Å². The summed E-state index contributed by atoms with van der Waals surface area (Å²) in [5.74, 6) is 6.00. The Hall–Kier alpha value is -6.48. The minimum atomic E-state index is 0.620. The summed E-state index contributed by atoms with van der Waals surface area (Å²) in [6.07, 6.45) is 1.86. The second-order valence-corrected chi connectivity index (χ2v) is 13.7. The molecule has 294 valence electrons. The van der Waals surface area contributed by atoms with Crippen molar-refractivity contribution in [3.05, 3.63) is 143 Å². The molecule has 3 N–H and O–H groups in total. The van der Waals surface area contributed by atoms with Crippen molar-refractivity contribution in [3.63, 3.8) is 0 Å². The van der Waals surface area contributed by atoms with Gasteiger partial charge in [-0.2, -0.15) is 0 Å². The lowest BCUT2D eigenvalue weighted by atomic mass is 9.94. The first-order valence-corrected chi connectivity index (χ1v) is 19.6. The minimum absolute atomic E-state index is 0.620. The van der Waals surface area contributed by atoms with E-state index in [1.807, 2.05) is 72.8 Å². The largest absolute Gasteiger partial charge is 0.493 e. The molecule has 0 spiro atoms. The zero-order chi connectivity index (χ0) is 39.7. The summed E-state index contributed by atoms with van der Waals surface area (Å²) in [7, 11) is 5.05. The first-order valence-electron chi connectivity index (χ1n) is 19.6. The fourth-order valence-corrected chi connectivity index (χ4v) is 7.28. The van der Waals surface area contributed by atoms with Crippen molar-refractivity contribution in [2.45, 2.75) is 40.0 Å². The first-order chi connectivity index (χ1) is 27.9. The van der Waals surface area contributed by atoms with Crippen molar-refractivity contribution in [3.8, 4) is 51.7 Å². The average Bonchev–Trinajstić information content (AvgIpc) is 3.28. The molecule has 57 heavy (non-hydrogen) atoms. The first kappa shape index (κ1) is 38.8. The molecule has 0 bridgehead atoms. The normalized spacial score (nSPS) is 11.7. The topological polar surface area (TPSA) is 91.5 Å². The van der Waals surface area contributed by atoms with Crippen LogP contribution in [0.5, 0.6) is 51.7 Å². The fourth-order valence-electron chi connectivity index (χ4n) is 7.28. The van der Waals surface area contributed by atoms with E-state index >= 15 is 0 Å². The number of hydrogen-bond donors (Lipinski definition) is 3. The van der Waals surface area contributed by atoms with Gasteiger partial charge in [0.1, 0.15) is 0 Å². The molecular weight excluding hydrogens is 715 g/mol. The third-order valence-corrected chi connectivity index (χ3v) is 10.0. The van der Waals surface area contributed by atoms with Crippen LogP contribution in [0, 0.1) is 0 Å². The number of anilines is 3. The van der Waals surface area contributed by atoms with Crippen LogP contribution in [0.2, 0.25) is 0 Å². The maximum absolute atomic E-state index is 6.64. The molecule has 6 aromatic rings. The van der Waals surface area contributed by atoms with Gasteiger partial charge in [0.2, 0.25) is 0 Å². The highest BCUT2D eigenvalue weighted by molar-refractivity contribution is 5.64. The number of hydrogen-bond acceptors (Lipinski definition) is 9. The van der Waals surface area contributed by atoms with Crippen LogP contribution in [-0.4, -0.2) is 41.0 Å². The SMILES string of the molecule is CCNc1ccccc1Oc1cc2c(cc1OC)Cc1cc(Oc3ccccc3NCC)c(OC)cc1Cc1cc(Oc3ccccc3NCC)c(OC)cc1C2. The number of fused-ring (bicyclic) bond motifs is 3. The van der Waals surface area contributed by atoms with Crippen molar-refractivity contribution in [1.29, 1.82) is 0 Å². The third-order valence-electron chi connectivity index (χ3n) is 10.0. The molecule has 9 nitrogen and oxygen atoms in total. The highest BCUT2D eigenvalue weighted by Gasteiger charge is 2.24. The molecule has 0 aliphatic heterocycles. The lowest BCUT2D eigenvalue weighted by molar-refractivity contribution is 0.378. The zero-order valence-electron chi connectivity index (χ0n) is 33.6. The van der Waals surface area contributed by atoms with Gasteiger partial charge in [-0.1, -0.05) is 36.4 Å². The second-order valence-electron chi connectivity index (χ2n) is 13.7. The molecule has 0 fully saturated rings. The van der Waals surface area contributed by atoms with Crippen LogP contribution in [0.15, 0.2) is 109 Å². The Kier molecular flexibility index (Phi) is 12.2. The molecule has 0 heterocycles. The fraction of sp³-hybridized carbons (Fsp3) is 0.250. The number of rotatable bonds is 15. The van der Waals surface area contributed by atoms with E-state index in [1.54, 1.807) is 21.3 Å². The van der Waals surface area contributed by atoms with Gasteiger partial charge in [-0.3, -0.25) is 0 Å². The molecule has 7 rings (SSSR count). The summed E-state index contributed by atoms with van der Waals surface area (Å²) >= 11 is 0. The predicted octanol–water partition coefficient (Wildman–Crippen LogP) is 11.5. The molecule has 0 aromatic heterocycles. The van der Waals surface area contributed by atoms with Crippen molar-refractivity contribution >= 4 is 17.1 Å². The van der Waals surface area contributed by atoms with Crippen LogP contribution in [0.4, 0.5) is 17.1 Å². The van der Waals surface area contributed by atoms with Gasteiger partial charge < -0.3 is 44.4 Å². The van der Waals surface area contributed by atoms with E-state index < -0.39 is 0 Å². The van der Waals surface area contributed by atoms with E-state index in [0.29, 0.717) is 53.8 Å². The van der Waals surface area contributed by atoms with Crippen molar-refractivity contribution < 1.29 is 28.4 Å². The maximum atomic E-state index is 6.64. The molecule has 0 atom stereocenters. The second kappa shape index (κ2) is 18.0. The lowest BCUT2D eigenvalue weighted by Gasteiger charge is -2.19. The summed E-state index contributed by atoms with van der Waals surface area (Å²) in [4.78, 5) is 0. The van der Waals surface area contributed by atoms with E-state index in [1.165, 1.54) is 0 Å². The smallest absolute Gasteiger partial charge is 0.169 e. The number of para-hydroxylation sites is 6. The number of benzene rings is 6. The number of nitrogens with one attached hydrogen (secondary N) is 3. The predicted molar refractivity (Wildman–Crippen MR) is 229 cm³/mol. The molecule has 1 aliphatic carbocycles. The Balaban J connectivity index is 1.39. The van der Waals surface area contributed by atoms with Crippen molar-refractivity contribution in [2.24, 2.45) is 0 Å². The quantitative estimate of drug-likeness (QED) is 0.0943. The van der Waals surface area contributed by atoms with E-state index in [0.717, 1.165) is 87.3 Å². The molecule has 0 unspecified atom stereocenters. The standard InChI is InChI=1S/C48H51N3O6/c1-7-49-37-16-10-13-19-40(37)55-46-28-34-22-32-26-44(53-5)48(57-42-21-15-12-18-39(42)51-9-3)30-36(32)24-33-27-45(54-6)47(29-35(33)23-31(34)25-43(46)52-4)56-41-20-14-11-17-38(41)50-8-2/h10-21,25-30,49-51H,7-9,22-24H2,1-6H3. The van der Waals surface area contributed by atoms with Gasteiger partial charge in [0.15, 0.2) is 51.7 Å². The molecule has 1 aliphatic rings. The Labute approximate surface area is 335 Å². The van der Waals surface area contributed by atoms with Gasteiger partial charge in [0.25, 0.3) is 0 Å². The van der Waals surface area contributed by atoms with Crippen LogP contribution in [0.3, 0.4) is 0 Å². The van der Waals surface area contributed by atoms with E-state index in [2.05, 4.69) is 73.1 Å². The van der Waals surface area contributed by atoms with Gasteiger partial charge >= 0.3 is 0 Å². The van der Waals surface area contributed by atoms with Crippen molar-refractivity contribution in [2.75, 3.05) is 56.9 Å². The minimum Gasteiger partial charge on any atom is -0.493 e. The number of methoxy groups -OCH3 is 3. The van der Waals surface area contributed by atoms with E-state index in [9.17, 15) is 0 Å². The Morgan fingerprint density at radius 3 is 0.842 bits per heavy atom. The van der Waals surface area contributed by atoms with E-state index in [4.69, 9.17) is 28.4 Å². The molecule has 6 aromatic carbocycles. The molecular formula is C48H51N3O6. The summed E-state index contributed by atoms with van der Waals surface area (Å²) in [6, 6.07) is 36.5. The van der Waals surface area contributed by atoms with Gasteiger partial charge in [-0.15, -0.1) is 0 Å². The molecule has 0 amide bonds. The van der Waals surface area contributed by atoms with Gasteiger partial charge in [0, 0.05) is 19.6 Å². The Bertz CT molecular complexity index is 2080. The summed E-state index contributed by atoms with van der Waals surface area (Å²) in [5, 5.41) is 10.2. The highest BCUT2D eigenvalue weighted by Crippen LogP contribution is 2.44. The van der Waals surface area contributed by atoms with Crippen LogP contribution >= 0.6 is 0 Å². The van der Waals surface area contributed by atoms with Gasteiger partial charge in [0.05, 0.1) is 38.4 Å². The maximum Gasteiger partial charge on any atom is 0.169 e. The van der Waals surface area contributed by atoms with Crippen LogP contribution in [-0.2, 0) is 19.3 Å². The average molecular weight is 766 g/mol. The molecule has 0 saturated heterocycles. The number of ether oxygens (including phenoxy) is 6. The summed E-state index contributed by atoms with van der Waals surface area (Å²) < 4.78 is 38.0. The summed E-state index contributed by atoms with van der Waals surface area (Å²) in [6.45, 7) is 8.51. The van der Waals surface area contributed by atoms with E-state index in [-0.39, 0.29) is 0 Å². The zero-order valence-corrected chi connectivity index (χ0v) is 33.6. The van der Waals surface area contributed by atoms with Crippen LogP contribution in [0.1, 0.15) is 54.2 Å². The van der Waals surface area contributed by atoms with Crippen LogP contribution < -0.4 is 44.4 Å². The third kappa shape index (κ3) is 8.68. The molecule has 0 radical (unpaired) electrons. The van der Waals surface area contributed by atoms with Gasteiger partial charge in [-0.25, -0.2) is 0 Å².